The monoisotopic (exact) mass is 348 g/mol. The van der Waals surface area contributed by atoms with Crippen LogP contribution in [0.5, 0.6) is 0 Å². The Balaban J connectivity index is 2.18. The number of carbonyl (C=O) groups is 1. The van der Waals surface area contributed by atoms with E-state index >= 15 is 0 Å². The minimum atomic E-state index is -3.79. The van der Waals surface area contributed by atoms with Crippen LogP contribution in [0.4, 0.5) is 10.1 Å². The van der Waals surface area contributed by atoms with Crippen LogP contribution in [0.1, 0.15) is 25.7 Å². The van der Waals surface area contributed by atoms with Gasteiger partial charge in [0.2, 0.25) is 15.9 Å². The number of nitrogens with one attached hydrogen (secondary N) is 1. The fourth-order valence-corrected chi connectivity index (χ4v) is 3.55. The molecule has 8 heteroatoms. The van der Waals surface area contributed by atoms with Crippen LogP contribution in [0, 0.1) is 5.82 Å². The molecule has 0 unspecified atom stereocenters. The maximum atomic E-state index is 14.0. The molecular weight excluding hydrogens is 331 g/mol. The number of halogens is 2. The second-order valence-electron chi connectivity index (χ2n) is 5.41. The van der Waals surface area contributed by atoms with Gasteiger partial charge in [0.05, 0.1) is 11.9 Å². The molecule has 0 spiro atoms. The first-order chi connectivity index (χ1) is 10.3. The van der Waals surface area contributed by atoms with Crippen LogP contribution < -0.4 is 9.62 Å². The minimum Gasteiger partial charge on any atom is -0.352 e. The second-order valence-corrected chi connectivity index (χ2v) is 7.76. The van der Waals surface area contributed by atoms with Crippen molar-refractivity contribution in [1.82, 2.24) is 5.32 Å². The molecule has 0 saturated heterocycles. The summed E-state index contributed by atoms with van der Waals surface area (Å²) in [5, 5.41) is 2.95. The van der Waals surface area contributed by atoms with E-state index in [1.54, 1.807) is 0 Å². The van der Waals surface area contributed by atoms with Gasteiger partial charge in [-0.15, -0.1) is 0 Å². The standard InChI is InChI=1S/C14H18ClFN2O3S/c1-22(20,21)18(13-7-6-10(15)8-12(13)16)9-14(19)17-11-4-2-3-5-11/h6-8,11H,2-5,9H2,1H3,(H,17,19). The predicted octanol–water partition coefficient (Wildman–Crippen LogP) is 2.30. The quantitative estimate of drug-likeness (QED) is 0.888. The van der Waals surface area contributed by atoms with E-state index < -0.39 is 28.3 Å². The van der Waals surface area contributed by atoms with Crippen LogP contribution >= 0.6 is 11.6 Å². The van der Waals surface area contributed by atoms with Crippen molar-refractivity contribution in [3.63, 3.8) is 0 Å². The van der Waals surface area contributed by atoms with Crippen molar-refractivity contribution in [2.75, 3.05) is 17.1 Å². The Bertz CT molecular complexity index is 660. The first kappa shape index (κ1) is 17.0. The lowest BCUT2D eigenvalue weighted by atomic mass is 10.2. The van der Waals surface area contributed by atoms with Crippen molar-refractivity contribution < 1.29 is 17.6 Å². The van der Waals surface area contributed by atoms with E-state index in [9.17, 15) is 17.6 Å². The number of benzene rings is 1. The Kier molecular flexibility index (Phi) is 5.28. The Morgan fingerprint density at radius 1 is 1.41 bits per heavy atom. The van der Waals surface area contributed by atoms with Gasteiger partial charge in [-0.1, -0.05) is 24.4 Å². The molecule has 0 aliphatic heterocycles. The van der Waals surface area contributed by atoms with Crippen LogP contribution in [-0.4, -0.2) is 33.2 Å². The third-order valence-electron chi connectivity index (χ3n) is 3.59. The number of hydrogen-bond donors (Lipinski definition) is 1. The summed E-state index contributed by atoms with van der Waals surface area (Å²) in [5.41, 5.74) is -0.187. The first-order valence-corrected chi connectivity index (χ1v) is 9.22. The molecular formula is C14H18ClFN2O3S. The smallest absolute Gasteiger partial charge is 0.240 e. The number of carbonyl (C=O) groups excluding carboxylic acids is 1. The van der Waals surface area contributed by atoms with E-state index in [1.807, 2.05) is 0 Å². The van der Waals surface area contributed by atoms with Gasteiger partial charge in [0.1, 0.15) is 12.4 Å². The van der Waals surface area contributed by atoms with Crippen LogP contribution in [-0.2, 0) is 14.8 Å². The van der Waals surface area contributed by atoms with E-state index in [0.29, 0.717) is 0 Å². The zero-order chi connectivity index (χ0) is 16.3. The van der Waals surface area contributed by atoms with Gasteiger partial charge in [-0.25, -0.2) is 12.8 Å². The molecule has 1 N–H and O–H groups in total. The zero-order valence-corrected chi connectivity index (χ0v) is 13.8. The first-order valence-electron chi connectivity index (χ1n) is 6.99. The van der Waals surface area contributed by atoms with Gasteiger partial charge in [0, 0.05) is 11.1 Å². The van der Waals surface area contributed by atoms with E-state index in [-0.39, 0.29) is 16.8 Å². The molecule has 0 radical (unpaired) electrons. The number of hydrogen-bond acceptors (Lipinski definition) is 3. The highest BCUT2D eigenvalue weighted by atomic mass is 35.5. The fraction of sp³-hybridized carbons (Fsp3) is 0.500. The molecule has 122 valence electrons. The van der Waals surface area contributed by atoms with Gasteiger partial charge >= 0.3 is 0 Å². The fourth-order valence-electron chi connectivity index (χ4n) is 2.54. The van der Waals surface area contributed by atoms with Crippen LogP contribution in [0.2, 0.25) is 5.02 Å². The molecule has 1 saturated carbocycles. The zero-order valence-electron chi connectivity index (χ0n) is 12.2. The van der Waals surface area contributed by atoms with Gasteiger partial charge in [-0.2, -0.15) is 0 Å². The highest BCUT2D eigenvalue weighted by Crippen LogP contribution is 2.25. The Hall–Kier alpha value is -1.34. The lowest BCUT2D eigenvalue weighted by Gasteiger charge is -2.23. The number of sulfonamides is 1. The van der Waals surface area contributed by atoms with Crippen molar-refractivity contribution in [3.8, 4) is 0 Å². The Morgan fingerprint density at radius 3 is 2.59 bits per heavy atom. The Morgan fingerprint density at radius 2 is 2.05 bits per heavy atom. The van der Waals surface area contributed by atoms with Crippen molar-refractivity contribution >= 4 is 33.2 Å². The van der Waals surface area contributed by atoms with Gasteiger partial charge in [-0.05, 0) is 31.0 Å². The summed E-state index contributed by atoms with van der Waals surface area (Å²) >= 11 is 5.67. The number of nitrogens with zero attached hydrogens (tertiary/aromatic N) is 1. The molecule has 0 heterocycles. The molecule has 1 aliphatic rings. The molecule has 1 aromatic carbocycles. The summed E-state index contributed by atoms with van der Waals surface area (Å²) in [5.74, 6) is -1.22. The topological polar surface area (TPSA) is 66.5 Å². The summed E-state index contributed by atoms with van der Waals surface area (Å²) in [4.78, 5) is 12.0. The number of amides is 1. The van der Waals surface area contributed by atoms with Crippen LogP contribution in [0.15, 0.2) is 18.2 Å². The lowest BCUT2D eigenvalue weighted by molar-refractivity contribution is -0.120. The summed E-state index contributed by atoms with van der Waals surface area (Å²) in [6.07, 6.45) is 4.81. The molecule has 1 aliphatic carbocycles. The molecule has 5 nitrogen and oxygen atoms in total. The molecule has 1 fully saturated rings. The molecule has 1 amide bonds. The van der Waals surface area contributed by atoms with Gasteiger partial charge in [0.15, 0.2) is 0 Å². The van der Waals surface area contributed by atoms with E-state index in [0.717, 1.165) is 42.3 Å². The van der Waals surface area contributed by atoms with Gasteiger partial charge in [-0.3, -0.25) is 9.10 Å². The highest BCUT2D eigenvalue weighted by Gasteiger charge is 2.25. The van der Waals surface area contributed by atoms with Crippen molar-refractivity contribution in [3.05, 3.63) is 29.0 Å². The van der Waals surface area contributed by atoms with Gasteiger partial charge in [0.25, 0.3) is 0 Å². The maximum absolute atomic E-state index is 14.0. The summed E-state index contributed by atoms with van der Waals surface area (Å²) in [6.45, 7) is -0.451. The lowest BCUT2D eigenvalue weighted by Crippen LogP contribution is -2.43. The average molecular weight is 349 g/mol. The summed E-state index contributed by atoms with van der Waals surface area (Å²) in [7, 11) is -3.79. The number of rotatable bonds is 5. The molecule has 0 bridgehead atoms. The largest absolute Gasteiger partial charge is 0.352 e. The number of anilines is 1. The van der Waals surface area contributed by atoms with Crippen molar-refractivity contribution in [2.24, 2.45) is 0 Å². The van der Waals surface area contributed by atoms with E-state index in [1.165, 1.54) is 12.1 Å². The molecule has 1 aromatic rings. The van der Waals surface area contributed by atoms with E-state index in [4.69, 9.17) is 11.6 Å². The third kappa shape index (κ3) is 4.33. The summed E-state index contributed by atoms with van der Waals surface area (Å²) < 4.78 is 38.5. The summed E-state index contributed by atoms with van der Waals surface area (Å²) in [6, 6.07) is 3.72. The molecule has 22 heavy (non-hydrogen) atoms. The maximum Gasteiger partial charge on any atom is 0.240 e. The normalized spacial score (nSPS) is 15.8. The van der Waals surface area contributed by atoms with Crippen LogP contribution in [0.25, 0.3) is 0 Å². The third-order valence-corrected chi connectivity index (χ3v) is 4.95. The molecule has 0 atom stereocenters. The van der Waals surface area contributed by atoms with Crippen molar-refractivity contribution in [1.29, 1.82) is 0 Å². The average Bonchev–Trinajstić information content (AvgIpc) is 2.88. The molecule has 0 aromatic heterocycles. The van der Waals surface area contributed by atoms with Crippen LogP contribution in [0.3, 0.4) is 0 Å². The van der Waals surface area contributed by atoms with E-state index in [2.05, 4.69) is 5.32 Å². The Labute approximate surface area is 134 Å². The minimum absolute atomic E-state index is 0.0731. The van der Waals surface area contributed by atoms with Crippen molar-refractivity contribution in [2.45, 2.75) is 31.7 Å². The SMILES string of the molecule is CS(=O)(=O)N(CC(=O)NC1CCCC1)c1ccc(Cl)cc1F. The highest BCUT2D eigenvalue weighted by molar-refractivity contribution is 7.92. The van der Waals surface area contributed by atoms with Gasteiger partial charge < -0.3 is 5.32 Å². The predicted molar refractivity (Wildman–Crippen MR) is 84.0 cm³/mol. The molecule has 2 rings (SSSR count). The second kappa shape index (κ2) is 6.83.